The Balaban J connectivity index is 1.86. The van der Waals surface area contributed by atoms with Crippen LogP contribution in [0.2, 0.25) is 0 Å². The van der Waals surface area contributed by atoms with E-state index in [2.05, 4.69) is 4.98 Å². The summed E-state index contributed by atoms with van der Waals surface area (Å²) in [5.74, 6) is -0.414. The van der Waals surface area contributed by atoms with Crippen molar-refractivity contribution < 1.29 is 14.8 Å². The fourth-order valence-electron chi connectivity index (χ4n) is 3.59. The Hall–Kier alpha value is -2.58. The number of ketones is 1. The molecule has 3 aromatic rings. The van der Waals surface area contributed by atoms with Crippen molar-refractivity contribution in [2.45, 2.75) is 18.9 Å². The van der Waals surface area contributed by atoms with Crippen LogP contribution < -0.4 is 11.2 Å². The zero-order chi connectivity index (χ0) is 21.0. The highest BCUT2D eigenvalue weighted by molar-refractivity contribution is 6.59. The lowest BCUT2D eigenvalue weighted by molar-refractivity contribution is -0.119. The van der Waals surface area contributed by atoms with Gasteiger partial charge in [-0.3, -0.25) is 9.78 Å². The van der Waals surface area contributed by atoms with Crippen molar-refractivity contribution in [1.82, 2.24) is 9.88 Å². The van der Waals surface area contributed by atoms with Gasteiger partial charge in [-0.15, -0.1) is 0 Å². The first-order chi connectivity index (χ1) is 13.9. The molecule has 3 rings (SSSR count). The zero-order valence-corrected chi connectivity index (χ0v) is 16.7. The van der Waals surface area contributed by atoms with E-state index in [0.717, 1.165) is 27.5 Å². The van der Waals surface area contributed by atoms with Crippen molar-refractivity contribution in [2.24, 2.45) is 5.73 Å². The second-order valence-corrected chi connectivity index (χ2v) is 7.56. The number of aromatic nitrogens is 1. The molecule has 6 nitrogen and oxygen atoms in total. The number of hydrogen-bond donors (Lipinski definition) is 3. The molecule has 0 radical (unpaired) electrons. The summed E-state index contributed by atoms with van der Waals surface area (Å²) in [6, 6.07) is 13.1. The van der Waals surface area contributed by atoms with Gasteiger partial charge in [0.15, 0.2) is 0 Å². The third kappa shape index (κ3) is 5.08. The average molecular weight is 391 g/mol. The lowest BCUT2D eigenvalue weighted by Crippen LogP contribution is -2.35. The van der Waals surface area contributed by atoms with Gasteiger partial charge < -0.3 is 20.7 Å². The smallest absolute Gasteiger partial charge is 0.423 e. The van der Waals surface area contributed by atoms with E-state index in [0.29, 0.717) is 12.0 Å². The maximum absolute atomic E-state index is 13.0. The molecule has 4 N–H and O–H groups in total. The number of hydrogen-bond acceptors (Lipinski definition) is 6. The standard InChI is InChI=1S/C22H26BN3O3/c1-26(2)14-19-11-17(5-6-21(19)23(28)29)20(12-24)22(27)10-15-3-4-18-13-25-8-7-16(18)9-15/h3-9,11,13,20,28-29H,10,12,14,24H2,1-2H3/t20-/m1/s1. The Morgan fingerprint density at radius 1 is 1.14 bits per heavy atom. The van der Waals surface area contributed by atoms with Gasteiger partial charge in [0.05, 0.1) is 5.92 Å². The van der Waals surface area contributed by atoms with Gasteiger partial charge in [0, 0.05) is 37.3 Å². The number of rotatable bonds is 8. The average Bonchev–Trinajstić information content (AvgIpc) is 2.68. The summed E-state index contributed by atoms with van der Waals surface area (Å²) in [4.78, 5) is 19.1. The zero-order valence-electron chi connectivity index (χ0n) is 16.7. The van der Waals surface area contributed by atoms with Crippen molar-refractivity contribution in [3.05, 3.63) is 71.5 Å². The van der Waals surface area contributed by atoms with Gasteiger partial charge in [-0.05, 0) is 47.7 Å². The van der Waals surface area contributed by atoms with Gasteiger partial charge in [-0.2, -0.15) is 0 Å². The molecule has 0 aliphatic rings. The van der Waals surface area contributed by atoms with Crippen LogP contribution in [0.5, 0.6) is 0 Å². The second kappa shape index (κ2) is 9.28. The molecule has 7 heteroatoms. The van der Waals surface area contributed by atoms with Gasteiger partial charge in [0.2, 0.25) is 0 Å². The normalized spacial score (nSPS) is 12.3. The molecule has 1 atom stereocenters. The number of fused-ring (bicyclic) bond motifs is 1. The van der Waals surface area contributed by atoms with E-state index in [1.807, 2.05) is 49.3 Å². The Bertz CT molecular complexity index is 1010. The molecular formula is C22H26BN3O3. The summed E-state index contributed by atoms with van der Waals surface area (Å²) in [6.07, 6.45) is 3.82. The molecule has 0 saturated carbocycles. The van der Waals surface area contributed by atoms with E-state index >= 15 is 0 Å². The molecule has 1 aromatic heterocycles. The van der Waals surface area contributed by atoms with Gasteiger partial charge in [0.25, 0.3) is 0 Å². The first-order valence-corrected chi connectivity index (χ1v) is 9.58. The molecule has 0 saturated heterocycles. The van der Waals surface area contributed by atoms with Crippen molar-refractivity contribution in [3.63, 3.8) is 0 Å². The number of benzene rings is 2. The topological polar surface area (TPSA) is 99.7 Å². The first-order valence-electron chi connectivity index (χ1n) is 9.58. The summed E-state index contributed by atoms with van der Waals surface area (Å²) in [7, 11) is 2.25. The molecule has 2 aromatic carbocycles. The molecule has 29 heavy (non-hydrogen) atoms. The minimum atomic E-state index is -1.56. The molecule has 150 valence electrons. The van der Waals surface area contributed by atoms with Crippen LogP contribution in [-0.2, 0) is 17.8 Å². The maximum atomic E-state index is 13.0. The van der Waals surface area contributed by atoms with Crippen molar-refractivity contribution in [3.8, 4) is 0 Å². The van der Waals surface area contributed by atoms with Crippen LogP contribution in [0.3, 0.4) is 0 Å². The largest absolute Gasteiger partial charge is 0.488 e. The van der Waals surface area contributed by atoms with Crippen LogP contribution in [0.1, 0.15) is 22.6 Å². The third-order valence-electron chi connectivity index (χ3n) is 5.04. The van der Waals surface area contributed by atoms with Crippen LogP contribution in [0.15, 0.2) is 54.9 Å². The SMILES string of the molecule is CN(C)Cc1cc([C@@H](CN)C(=O)Cc2ccc3cnccc3c2)ccc1B(O)O. The van der Waals surface area contributed by atoms with Gasteiger partial charge in [-0.25, -0.2) is 0 Å². The molecule has 0 aliphatic carbocycles. The minimum absolute atomic E-state index is 0.0361. The monoisotopic (exact) mass is 391 g/mol. The molecule has 0 spiro atoms. The molecule has 0 unspecified atom stereocenters. The molecular weight excluding hydrogens is 365 g/mol. The summed E-state index contributed by atoms with van der Waals surface area (Å²) < 4.78 is 0. The minimum Gasteiger partial charge on any atom is -0.423 e. The van der Waals surface area contributed by atoms with E-state index in [9.17, 15) is 14.8 Å². The van der Waals surface area contributed by atoms with Crippen LogP contribution in [0, 0.1) is 0 Å². The molecule has 0 amide bonds. The number of carbonyl (C=O) groups excluding carboxylic acids is 1. The van der Waals surface area contributed by atoms with Crippen LogP contribution in [0.4, 0.5) is 0 Å². The summed E-state index contributed by atoms with van der Waals surface area (Å²) in [5.41, 5.74) is 8.90. The fourth-order valence-corrected chi connectivity index (χ4v) is 3.59. The summed E-state index contributed by atoms with van der Waals surface area (Å²) in [6.45, 7) is 0.726. The van der Waals surface area contributed by atoms with E-state index in [4.69, 9.17) is 5.73 Å². The highest BCUT2D eigenvalue weighted by Crippen LogP contribution is 2.21. The Labute approximate surface area is 171 Å². The lowest BCUT2D eigenvalue weighted by atomic mass is 9.75. The molecule has 0 bridgehead atoms. The highest BCUT2D eigenvalue weighted by Gasteiger charge is 2.23. The van der Waals surface area contributed by atoms with Crippen LogP contribution in [-0.4, -0.2) is 53.5 Å². The Kier molecular flexibility index (Phi) is 6.77. The van der Waals surface area contributed by atoms with Gasteiger partial charge >= 0.3 is 7.12 Å². The Morgan fingerprint density at radius 3 is 2.62 bits per heavy atom. The number of carbonyl (C=O) groups is 1. The predicted octanol–water partition coefficient (Wildman–Crippen LogP) is 0.830. The van der Waals surface area contributed by atoms with E-state index in [1.165, 1.54) is 0 Å². The number of pyridine rings is 1. The van der Waals surface area contributed by atoms with Crippen molar-refractivity contribution in [1.29, 1.82) is 0 Å². The fraction of sp³-hybridized carbons (Fsp3) is 0.273. The van der Waals surface area contributed by atoms with Crippen molar-refractivity contribution >= 4 is 29.1 Å². The second-order valence-electron chi connectivity index (χ2n) is 7.56. The van der Waals surface area contributed by atoms with Gasteiger partial charge in [-0.1, -0.05) is 36.4 Å². The molecule has 1 heterocycles. The summed E-state index contributed by atoms with van der Waals surface area (Å²) in [5, 5.41) is 21.3. The highest BCUT2D eigenvalue weighted by atomic mass is 16.4. The predicted molar refractivity (Wildman–Crippen MR) is 116 cm³/mol. The van der Waals surface area contributed by atoms with Gasteiger partial charge in [0.1, 0.15) is 5.78 Å². The Morgan fingerprint density at radius 2 is 1.93 bits per heavy atom. The maximum Gasteiger partial charge on any atom is 0.488 e. The quantitative estimate of drug-likeness (QED) is 0.492. The first kappa shape index (κ1) is 21.1. The lowest BCUT2D eigenvalue weighted by Gasteiger charge is -2.19. The van der Waals surface area contributed by atoms with Crippen LogP contribution >= 0.6 is 0 Å². The van der Waals surface area contributed by atoms with E-state index < -0.39 is 13.0 Å². The molecule has 0 fully saturated rings. The van der Waals surface area contributed by atoms with E-state index in [1.54, 1.807) is 24.5 Å². The number of nitrogens with zero attached hydrogens (tertiary/aromatic N) is 2. The van der Waals surface area contributed by atoms with E-state index in [-0.39, 0.29) is 18.7 Å². The van der Waals surface area contributed by atoms with Crippen LogP contribution in [0.25, 0.3) is 10.8 Å². The van der Waals surface area contributed by atoms with Crippen molar-refractivity contribution in [2.75, 3.05) is 20.6 Å². The molecule has 0 aliphatic heterocycles. The number of Topliss-reactive ketones (excluding diaryl/α,β-unsaturated/α-hetero) is 1. The summed E-state index contributed by atoms with van der Waals surface area (Å²) >= 11 is 0. The third-order valence-corrected chi connectivity index (χ3v) is 5.04. The number of nitrogens with two attached hydrogens (primary N) is 1.